The van der Waals surface area contributed by atoms with Crippen molar-refractivity contribution in [2.75, 3.05) is 0 Å². The third kappa shape index (κ3) is 2.58. The molecule has 2 N–H and O–H groups in total. The molecular weight excluding hydrogens is 251 g/mol. The molecule has 0 fully saturated rings. The lowest BCUT2D eigenvalue weighted by Gasteiger charge is -2.15. The normalized spacial score (nSPS) is 12.7. The Hall–Kier alpha value is -2.13. The van der Waals surface area contributed by atoms with Gasteiger partial charge in [-0.3, -0.25) is 0 Å². The number of aromatic nitrogens is 1. The van der Waals surface area contributed by atoms with Crippen molar-refractivity contribution in [3.63, 3.8) is 0 Å². The summed E-state index contributed by atoms with van der Waals surface area (Å²) >= 11 is 0. The molecule has 0 aliphatic carbocycles. The number of benzene rings is 2. The van der Waals surface area contributed by atoms with Gasteiger partial charge in [0.1, 0.15) is 5.82 Å². The van der Waals surface area contributed by atoms with Crippen LogP contribution in [0.5, 0.6) is 0 Å². The van der Waals surface area contributed by atoms with Crippen LogP contribution in [0, 0.1) is 5.82 Å². The first-order valence-electron chi connectivity index (χ1n) is 6.78. The number of halogens is 1. The number of fused-ring (bicyclic) bond motifs is 1. The van der Waals surface area contributed by atoms with Crippen LogP contribution in [0.4, 0.5) is 4.39 Å². The minimum Gasteiger partial charge on any atom is -0.361 e. The van der Waals surface area contributed by atoms with E-state index in [1.54, 1.807) is 6.07 Å². The fourth-order valence-electron chi connectivity index (χ4n) is 2.42. The van der Waals surface area contributed by atoms with E-state index in [9.17, 15) is 4.39 Å². The van der Waals surface area contributed by atoms with Crippen LogP contribution < -0.4 is 5.32 Å². The van der Waals surface area contributed by atoms with Gasteiger partial charge in [-0.1, -0.05) is 24.3 Å². The van der Waals surface area contributed by atoms with Crippen molar-refractivity contribution in [2.24, 2.45) is 0 Å². The average Bonchev–Trinajstić information content (AvgIpc) is 2.92. The molecular formula is C17H17FN2. The molecule has 3 rings (SSSR count). The quantitative estimate of drug-likeness (QED) is 0.730. The maximum Gasteiger partial charge on any atom is 0.127 e. The van der Waals surface area contributed by atoms with Gasteiger partial charge < -0.3 is 10.3 Å². The van der Waals surface area contributed by atoms with E-state index in [2.05, 4.69) is 34.6 Å². The van der Waals surface area contributed by atoms with Crippen LogP contribution in [-0.4, -0.2) is 4.98 Å². The highest BCUT2D eigenvalue weighted by molar-refractivity contribution is 5.79. The van der Waals surface area contributed by atoms with Crippen LogP contribution in [-0.2, 0) is 6.54 Å². The molecule has 0 aliphatic rings. The van der Waals surface area contributed by atoms with Crippen LogP contribution in [0.15, 0.2) is 54.7 Å². The Labute approximate surface area is 117 Å². The highest BCUT2D eigenvalue weighted by atomic mass is 19.1. The van der Waals surface area contributed by atoms with E-state index in [0.29, 0.717) is 5.56 Å². The first kappa shape index (κ1) is 12.9. The summed E-state index contributed by atoms with van der Waals surface area (Å²) in [6, 6.07) is 15.2. The fraction of sp³-hybridized carbons (Fsp3) is 0.176. The molecule has 1 unspecified atom stereocenters. The summed E-state index contributed by atoms with van der Waals surface area (Å²) in [5.41, 5.74) is 3.03. The molecule has 2 nitrogen and oxygen atoms in total. The molecule has 3 aromatic rings. The fourth-order valence-corrected chi connectivity index (χ4v) is 2.42. The molecule has 1 aromatic heterocycles. The SMILES string of the molecule is CC(NCc1ccc2[nH]ccc2c1)c1ccccc1F. The van der Waals surface area contributed by atoms with E-state index in [1.807, 2.05) is 25.3 Å². The molecule has 1 heterocycles. The molecule has 20 heavy (non-hydrogen) atoms. The minimum atomic E-state index is -0.159. The van der Waals surface area contributed by atoms with Gasteiger partial charge in [-0.2, -0.15) is 0 Å². The second-order valence-electron chi connectivity index (χ2n) is 5.02. The van der Waals surface area contributed by atoms with Crippen molar-refractivity contribution in [3.05, 3.63) is 71.7 Å². The van der Waals surface area contributed by atoms with E-state index in [-0.39, 0.29) is 11.9 Å². The van der Waals surface area contributed by atoms with Gasteiger partial charge in [0.2, 0.25) is 0 Å². The van der Waals surface area contributed by atoms with E-state index < -0.39 is 0 Å². The number of rotatable bonds is 4. The lowest BCUT2D eigenvalue weighted by atomic mass is 10.1. The number of hydrogen-bond acceptors (Lipinski definition) is 1. The maximum absolute atomic E-state index is 13.7. The minimum absolute atomic E-state index is 0.0156. The van der Waals surface area contributed by atoms with Gasteiger partial charge >= 0.3 is 0 Å². The standard InChI is InChI=1S/C17H17FN2/c1-12(15-4-2-3-5-16(15)18)20-11-13-6-7-17-14(10-13)8-9-19-17/h2-10,12,19-20H,11H2,1H3. The Bertz CT molecular complexity index is 718. The summed E-state index contributed by atoms with van der Waals surface area (Å²) in [6.07, 6.45) is 1.93. The zero-order valence-corrected chi connectivity index (χ0v) is 11.4. The molecule has 0 saturated carbocycles. The van der Waals surface area contributed by atoms with Crippen molar-refractivity contribution in [1.82, 2.24) is 10.3 Å². The maximum atomic E-state index is 13.7. The van der Waals surface area contributed by atoms with Gasteiger partial charge in [-0.25, -0.2) is 4.39 Å². The van der Waals surface area contributed by atoms with Crippen LogP contribution in [0.25, 0.3) is 10.9 Å². The molecule has 0 saturated heterocycles. The largest absolute Gasteiger partial charge is 0.361 e. The lowest BCUT2D eigenvalue weighted by Crippen LogP contribution is -2.19. The van der Waals surface area contributed by atoms with Crippen LogP contribution in [0.1, 0.15) is 24.1 Å². The van der Waals surface area contributed by atoms with Crippen LogP contribution in [0.3, 0.4) is 0 Å². The van der Waals surface area contributed by atoms with Crippen LogP contribution in [0.2, 0.25) is 0 Å². The summed E-state index contributed by atoms with van der Waals surface area (Å²) in [5, 5.41) is 4.56. The third-order valence-corrected chi connectivity index (χ3v) is 3.60. The van der Waals surface area contributed by atoms with E-state index >= 15 is 0 Å². The second kappa shape index (κ2) is 5.47. The smallest absolute Gasteiger partial charge is 0.127 e. The predicted molar refractivity (Wildman–Crippen MR) is 80.0 cm³/mol. The van der Waals surface area contributed by atoms with Crippen molar-refractivity contribution in [3.8, 4) is 0 Å². The number of aromatic amines is 1. The topological polar surface area (TPSA) is 27.8 Å². The Morgan fingerprint density at radius 1 is 1.15 bits per heavy atom. The molecule has 0 bridgehead atoms. The van der Waals surface area contributed by atoms with Crippen molar-refractivity contribution >= 4 is 10.9 Å². The third-order valence-electron chi connectivity index (χ3n) is 3.60. The second-order valence-corrected chi connectivity index (χ2v) is 5.02. The van der Waals surface area contributed by atoms with Gasteiger partial charge in [0, 0.05) is 29.9 Å². The van der Waals surface area contributed by atoms with Gasteiger partial charge in [-0.15, -0.1) is 0 Å². The predicted octanol–water partition coefficient (Wildman–Crippen LogP) is 4.16. The molecule has 0 radical (unpaired) electrons. The van der Waals surface area contributed by atoms with Crippen molar-refractivity contribution in [2.45, 2.75) is 19.5 Å². The zero-order valence-electron chi connectivity index (χ0n) is 11.4. The Morgan fingerprint density at radius 2 is 2.00 bits per heavy atom. The highest BCUT2D eigenvalue weighted by Gasteiger charge is 2.09. The van der Waals surface area contributed by atoms with Gasteiger partial charge in [0.05, 0.1) is 0 Å². The number of H-pyrrole nitrogens is 1. The first-order valence-corrected chi connectivity index (χ1v) is 6.78. The lowest BCUT2D eigenvalue weighted by molar-refractivity contribution is 0.528. The zero-order chi connectivity index (χ0) is 13.9. The van der Waals surface area contributed by atoms with Crippen molar-refractivity contribution < 1.29 is 4.39 Å². The molecule has 0 aliphatic heterocycles. The summed E-state index contributed by atoms with van der Waals surface area (Å²) in [6.45, 7) is 2.70. The Kier molecular flexibility index (Phi) is 3.52. The molecule has 0 amide bonds. The molecule has 1 atom stereocenters. The average molecular weight is 268 g/mol. The van der Waals surface area contributed by atoms with Gasteiger partial charge in [-0.05, 0) is 42.1 Å². The summed E-state index contributed by atoms with van der Waals surface area (Å²) < 4.78 is 13.7. The summed E-state index contributed by atoms with van der Waals surface area (Å²) in [4.78, 5) is 3.17. The Morgan fingerprint density at radius 3 is 2.85 bits per heavy atom. The van der Waals surface area contributed by atoms with E-state index in [1.165, 1.54) is 17.0 Å². The molecule has 102 valence electrons. The van der Waals surface area contributed by atoms with Crippen molar-refractivity contribution in [1.29, 1.82) is 0 Å². The first-order chi connectivity index (χ1) is 9.74. The molecule has 2 aromatic carbocycles. The molecule has 3 heteroatoms. The highest BCUT2D eigenvalue weighted by Crippen LogP contribution is 2.18. The summed E-state index contributed by atoms with van der Waals surface area (Å²) in [5.74, 6) is -0.159. The van der Waals surface area contributed by atoms with Gasteiger partial charge in [0.25, 0.3) is 0 Å². The number of hydrogen-bond donors (Lipinski definition) is 2. The van der Waals surface area contributed by atoms with Gasteiger partial charge in [0.15, 0.2) is 0 Å². The monoisotopic (exact) mass is 268 g/mol. The van der Waals surface area contributed by atoms with E-state index in [4.69, 9.17) is 0 Å². The summed E-state index contributed by atoms with van der Waals surface area (Å²) in [7, 11) is 0. The Balaban J connectivity index is 1.71. The number of nitrogens with one attached hydrogen (secondary N) is 2. The molecule has 0 spiro atoms. The van der Waals surface area contributed by atoms with Crippen LogP contribution >= 0.6 is 0 Å². The van der Waals surface area contributed by atoms with E-state index in [0.717, 1.165) is 12.1 Å².